The minimum absolute atomic E-state index is 0.120. The van der Waals surface area contributed by atoms with Crippen LogP contribution in [0.25, 0.3) is 0 Å². The molecule has 0 aliphatic carbocycles. The van der Waals surface area contributed by atoms with Gasteiger partial charge >= 0.3 is 0 Å². The number of nitrogens with two attached hydrogens (primary N) is 1. The lowest BCUT2D eigenvalue weighted by Gasteiger charge is -2.12. The molecular weight excluding hydrogens is 250 g/mol. The molecule has 0 fully saturated rings. The lowest BCUT2D eigenvalue weighted by molar-refractivity contribution is 0.0776. The molecule has 1 aromatic heterocycles. The summed E-state index contributed by atoms with van der Waals surface area (Å²) in [5, 5.41) is 15.4. The molecule has 1 rings (SSSR count). The Morgan fingerprint density at radius 1 is 1.69 bits per heavy atom. The van der Waals surface area contributed by atoms with Crippen LogP contribution in [0, 0.1) is 4.78 Å². The zero-order valence-corrected chi connectivity index (χ0v) is 10.9. The largest absolute Gasteiger partial charge is 0.383 e. The monoisotopic (exact) mass is 265 g/mol. The van der Waals surface area contributed by atoms with Crippen molar-refractivity contribution in [2.75, 3.05) is 7.11 Å². The van der Waals surface area contributed by atoms with E-state index in [1.54, 1.807) is 13.8 Å². The van der Waals surface area contributed by atoms with E-state index in [4.69, 9.17) is 14.7 Å². The number of hydrogen-bond acceptors (Lipinski definition) is 6. The van der Waals surface area contributed by atoms with E-state index in [-0.39, 0.29) is 10.8 Å². The molecule has 1 unspecified atom stereocenters. The maximum atomic E-state index is 11.5. The zero-order valence-electron chi connectivity index (χ0n) is 9.31. The first-order valence-electron chi connectivity index (χ1n) is 4.44. The summed E-state index contributed by atoms with van der Waals surface area (Å²) in [6.45, 7) is 3.25. The molecule has 0 saturated carbocycles. The molecule has 0 spiro atoms. The molecule has 1 atom stereocenters. The molecule has 0 aliphatic rings. The van der Waals surface area contributed by atoms with Crippen LogP contribution < -0.4 is 5.14 Å². The van der Waals surface area contributed by atoms with Crippen LogP contribution in [0.15, 0.2) is 4.21 Å². The van der Waals surface area contributed by atoms with Crippen LogP contribution in [0.1, 0.15) is 24.5 Å². The molecule has 16 heavy (non-hydrogen) atoms. The van der Waals surface area contributed by atoms with E-state index in [1.165, 1.54) is 7.11 Å². The fourth-order valence-electron chi connectivity index (χ4n) is 1.06. The second-order valence-electron chi connectivity index (χ2n) is 3.85. The SMILES string of the molecule is COCc1nc(C(C)(C)O)sc1S(=N)(N)=O. The molecule has 0 aliphatic heterocycles. The van der Waals surface area contributed by atoms with Gasteiger partial charge in [0, 0.05) is 7.11 Å². The lowest BCUT2D eigenvalue weighted by atomic mass is 10.2. The Kier molecular flexibility index (Phi) is 3.70. The number of methoxy groups -OCH3 is 1. The number of ether oxygens (including phenoxy) is 1. The third kappa shape index (κ3) is 2.98. The van der Waals surface area contributed by atoms with Gasteiger partial charge in [0.15, 0.2) is 0 Å². The molecule has 92 valence electrons. The number of rotatable bonds is 4. The fourth-order valence-corrected chi connectivity index (χ4v) is 3.05. The van der Waals surface area contributed by atoms with Gasteiger partial charge in [-0.05, 0) is 13.8 Å². The van der Waals surface area contributed by atoms with E-state index in [9.17, 15) is 9.32 Å². The summed E-state index contributed by atoms with van der Waals surface area (Å²) in [5.74, 6) is 0. The summed E-state index contributed by atoms with van der Waals surface area (Å²) in [5.41, 5.74) is -0.789. The summed E-state index contributed by atoms with van der Waals surface area (Å²) in [7, 11) is -1.86. The van der Waals surface area contributed by atoms with E-state index in [1.807, 2.05) is 0 Å². The minimum atomic E-state index is -3.33. The maximum Gasteiger partial charge on any atom is 0.143 e. The molecule has 0 bridgehead atoms. The standard InChI is InChI=1S/C8H15N3O3S2/c1-8(2,12)7-11-5(4-14-3)6(15-7)16(9,10)13/h12H,4H2,1-3H3,(H3,9,10,13). The summed E-state index contributed by atoms with van der Waals surface area (Å²) in [6, 6.07) is 0. The van der Waals surface area contributed by atoms with Crippen molar-refractivity contribution in [2.24, 2.45) is 5.14 Å². The van der Waals surface area contributed by atoms with Gasteiger partial charge < -0.3 is 9.84 Å². The lowest BCUT2D eigenvalue weighted by Crippen LogP contribution is -2.15. The second-order valence-corrected chi connectivity index (χ2v) is 6.71. The fraction of sp³-hybridized carbons (Fsp3) is 0.625. The van der Waals surface area contributed by atoms with Crippen molar-refractivity contribution in [3.8, 4) is 0 Å². The van der Waals surface area contributed by atoms with Gasteiger partial charge in [-0.1, -0.05) is 0 Å². The molecule has 0 saturated heterocycles. The molecule has 6 nitrogen and oxygen atoms in total. The highest BCUT2D eigenvalue weighted by atomic mass is 32.2. The molecule has 0 aromatic carbocycles. The quantitative estimate of drug-likeness (QED) is 0.747. The van der Waals surface area contributed by atoms with E-state index in [0.29, 0.717) is 10.7 Å². The third-order valence-electron chi connectivity index (χ3n) is 1.74. The Bertz CT molecular complexity index is 473. The predicted octanol–water partition coefficient (Wildman–Crippen LogP) is 0.796. The number of hydrogen-bond donors (Lipinski definition) is 3. The van der Waals surface area contributed by atoms with E-state index in [2.05, 4.69) is 4.98 Å². The van der Waals surface area contributed by atoms with Gasteiger partial charge in [0.05, 0.1) is 12.3 Å². The van der Waals surface area contributed by atoms with Crippen molar-refractivity contribution in [3.05, 3.63) is 10.7 Å². The van der Waals surface area contributed by atoms with Gasteiger partial charge in [-0.2, -0.15) is 0 Å². The van der Waals surface area contributed by atoms with Crippen molar-refractivity contribution in [1.29, 1.82) is 4.78 Å². The van der Waals surface area contributed by atoms with Gasteiger partial charge in [0.25, 0.3) is 0 Å². The van der Waals surface area contributed by atoms with Gasteiger partial charge in [-0.25, -0.2) is 19.1 Å². The van der Waals surface area contributed by atoms with Gasteiger partial charge in [-0.3, -0.25) is 0 Å². The Hall–Kier alpha value is -0.540. The van der Waals surface area contributed by atoms with Crippen LogP contribution in [0.5, 0.6) is 0 Å². The Balaban J connectivity index is 3.32. The number of aliphatic hydroxyl groups is 1. The van der Waals surface area contributed by atoms with Crippen molar-refractivity contribution in [1.82, 2.24) is 4.98 Å². The summed E-state index contributed by atoms with van der Waals surface area (Å²) < 4.78 is 23.9. The van der Waals surface area contributed by atoms with Crippen LogP contribution in [-0.4, -0.2) is 21.4 Å². The van der Waals surface area contributed by atoms with Crippen LogP contribution in [-0.2, 0) is 26.9 Å². The summed E-state index contributed by atoms with van der Waals surface area (Å²) in [6.07, 6.45) is 0. The van der Waals surface area contributed by atoms with Crippen LogP contribution >= 0.6 is 11.3 Å². The molecule has 1 aromatic rings. The second kappa shape index (κ2) is 4.38. The first-order chi connectivity index (χ1) is 7.16. The van der Waals surface area contributed by atoms with Crippen molar-refractivity contribution in [2.45, 2.75) is 30.3 Å². The average Bonchev–Trinajstić information content (AvgIpc) is 2.46. The normalized spacial score (nSPS) is 16.1. The predicted molar refractivity (Wildman–Crippen MR) is 61.4 cm³/mol. The number of thiazole rings is 1. The average molecular weight is 265 g/mol. The maximum absolute atomic E-state index is 11.5. The summed E-state index contributed by atoms with van der Waals surface area (Å²) >= 11 is 0.984. The Morgan fingerprint density at radius 2 is 2.25 bits per heavy atom. The van der Waals surface area contributed by atoms with Crippen molar-refractivity contribution >= 4 is 21.3 Å². The number of nitrogens with one attached hydrogen (secondary N) is 1. The Morgan fingerprint density at radius 3 is 2.62 bits per heavy atom. The van der Waals surface area contributed by atoms with E-state index >= 15 is 0 Å². The topological polar surface area (TPSA) is 109 Å². The first-order valence-corrected chi connectivity index (χ1v) is 6.88. The molecule has 0 amide bonds. The van der Waals surface area contributed by atoms with E-state index < -0.39 is 15.5 Å². The molecule has 1 heterocycles. The van der Waals surface area contributed by atoms with Crippen molar-refractivity contribution in [3.63, 3.8) is 0 Å². The highest BCUT2D eigenvalue weighted by Crippen LogP contribution is 2.30. The highest BCUT2D eigenvalue weighted by molar-refractivity contribution is 7.92. The number of aromatic nitrogens is 1. The Labute approximate surface area is 98.6 Å². The van der Waals surface area contributed by atoms with Gasteiger partial charge in [-0.15, -0.1) is 11.3 Å². The van der Waals surface area contributed by atoms with Crippen LogP contribution in [0.4, 0.5) is 0 Å². The molecule has 8 heteroatoms. The molecule has 4 N–H and O–H groups in total. The number of nitrogens with zero attached hydrogens (tertiary/aromatic N) is 1. The van der Waals surface area contributed by atoms with E-state index in [0.717, 1.165) is 11.3 Å². The van der Waals surface area contributed by atoms with Gasteiger partial charge in [0.2, 0.25) is 0 Å². The van der Waals surface area contributed by atoms with Crippen LogP contribution in [0.3, 0.4) is 0 Å². The van der Waals surface area contributed by atoms with Gasteiger partial charge in [0.1, 0.15) is 24.7 Å². The third-order valence-corrected chi connectivity index (χ3v) is 4.73. The van der Waals surface area contributed by atoms with Crippen LogP contribution in [0.2, 0.25) is 0 Å². The van der Waals surface area contributed by atoms with Crippen molar-refractivity contribution < 1.29 is 14.1 Å². The zero-order chi connectivity index (χ0) is 12.6. The summed E-state index contributed by atoms with van der Waals surface area (Å²) in [4.78, 5) is 4.10. The molecular formula is C8H15N3O3S2. The molecule has 0 radical (unpaired) electrons. The highest BCUT2D eigenvalue weighted by Gasteiger charge is 2.26. The smallest absolute Gasteiger partial charge is 0.143 e. The minimum Gasteiger partial charge on any atom is -0.383 e. The first kappa shape index (κ1) is 13.5.